The summed E-state index contributed by atoms with van der Waals surface area (Å²) in [5.74, 6) is 0.536. The molecule has 4 heteroatoms. The van der Waals surface area contributed by atoms with Gasteiger partial charge in [-0.3, -0.25) is 4.90 Å². The number of aliphatic hydroxyl groups is 1. The number of nitrogens with one attached hydrogen (secondary N) is 1. The first-order valence-electron chi connectivity index (χ1n) is 10.4. The lowest BCUT2D eigenvalue weighted by Gasteiger charge is -2.37. The third kappa shape index (κ3) is 5.29. The molecule has 0 amide bonds. The first-order valence-corrected chi connectivity index (χ1v) is 10.4. The van der Waals surface area contributed by atoms with E-state index in [-0.39, 0.29) is 0 Å². The molecule has 0 spiro atoms. The van der Waals surface area contributed by atoms with Gasteiger partial charge in [0.15, 0.2) is 0 Å². The van der Waals surface area contributed by atoms with Crippen molar-refractivity contribution in [3.63, 3.8) is 0 Å². The molecule has 0 unspecified atom stereocenters. The molecule has 146 valence electrons. The summed E-state index contributed by atoms with van der Waals surface area (Å²) in [5, 5.41) is 14.8. The van der Waals surface area contributed by atoms with E-state index in [0.29, 0.717) is 12.0 Å². The Hall–Kier alpha value is -0.940. The van der Waals surface area contributed by atoms with Crippen LogP contribution in [-0.4, -0.2) is 55.4 Å². The smallest absolute Gasteiger partial charge is 0.0897 e. The first-order chi connectivity index (χ1) is 12.6. The van der Waals surface area contributed by atoms with Crippen molar-refractivity contribution in [2.45, 2.75) is 63.5 Å². The van der Waals surface area contributed by atoms with Crippen molar-refractivity contribution in [1.82, 2.24) is 10.2 Å². The SMILES string of the molecule is CC(C)c1ccc(C2(O)CCC(NCCN3CCCOCC3)CC2)cc1. The highest BCUT2D eigenvalue weighted by Crippen LogP contribution is 2.37. The number of nitrogens with zero attached hydrogens (tertiary/aromatic N) is 1. The van der Waals surface area contributed by atoms with Gasteiger partial charge in [0.25, 0.3) is 0 Å². The van der Waals surface area contributed by atoms with Gasteiger partial charge in [0.1, 0.15) is 0 Å². The van der Waals surface area contributed by atoms with Gasteiger partial charge in [-0.15, -0.1) is 0 Å². The Morgan fingerprint density at radius 2 is 1.88 bits per heavy atom. The van der Waals surface area contributed by atoms with Crippen LogP contribution in [0.2, 0.25) is 0 Å². The van der Waals surface area contributed by atoms with Crippen LogP contribution in [0.3, 0.4) is 0 Å². The molecule has 0 atom stereocenters. The normalized spacial score (nSPS) is 28.2. The highest BCUT2D eigenvalue weighted by Gasteiger charge is 2.34. The van der Waals surface area contributed by atoms with Crippen LogP contribution in [0.15, 0.2) is 24.3 Å². The lowest BCUT2D eigenvalue weighted by atomic mass is 9.77. The average Bonchev–Trinajstić information content (AvgIpc) is 2.92. The maximum atomic E-state index is 11.1. The van der Waals surface area contributed by atoms with Crippen molar-refractivity contribution < 1.29 is 9.84 Å². The quantitative estimate of drug-likeness (QED) is 0.817. The minimum absolute atomic E-state index is 0.536. The zero-order valence-corrected chi connectivity index (χ0v) is 16.5. The molecule has 26 heavy (non-hydrogen) atoms. The highest BCUT2D eigenvalue weighted by atomic mass is 16.5. The zero-order valence-electron chi connectivity index (χ0n) is 16.5. The molecular weight excluding hydrogens is 324 g/mol. The molecule has 1 saturated carbocycles. The molecule has 1 aliphatic heterocycles. The molecular formula is C22H36N2O2. The van der Waals surface area contributed by atoms with Gasteiger partial charge >= 0.3 is 0 Å². The maximum Gasteiger partial charge on any atom is 0.0897 e. The molecule has 2 fully saturated rings. The number of hydrogen-bond donors (Lipinski definition) is 2. The van der Waals surface area contributed by atoms with Crippen molar-refractivity contribution in [2.24, 2.45) is 0 Å². The second-order valence-electron chi connectivity index (χ2n) is 8.34. The zero-order chi connectivity index (χ0) is 18.4. The van der Waals surface area contributed by atoms with Crippen molar-refractivity contribution in [3.8, 4) is 0 Å². The van der Waals surface area contributed by atoms with Crippen molar-refractivity contribution >= 4 is 0 Å². The molecule has 1 aromatic carbocycles. The minimum Gasteiger partial charge on any atom is -0.385 e. The summed E-state index contributed by atoms with van der Waals surface area (Å²) >= 11 is 0. The van der Waals surface area contributed by atoms with E-state index >= 15 is 0 Å². The van der Waals surface area contributed by atoms with Crippen molar-refractivity contribution in [2.75, 3.05) is 39.4 Å². The summed E-state index contributed by atoms with van der Waals surface area (Å²) in [6.45, 7) is 10.5. The Bertz CT molecular complexity index is 528. The standard InChI is InChI=1S/C22H36N2O2/c1-18(2)19-4-6-20(7-5-19)22(25)10-8-21(9-11-22)23-12-14-24-13-3-16-26-17-15-24/h4-7,18,21,23,25H,3,8-17H2,1-2H3. The Morgan fingerprint density at radius 1 is 1.15 bits per heavy atom. The maximum absolute atomic E-state index is 11.1. The van der Waals surface area contributed by atoms with E-state index in [1.54, 1.807) is 0 Å². The second kappa shape index (κ2) is 9.32. The number of benzene rings is 1. The summed E-state index contributed by atoms with van der Waals surface area (Å²) in [5.41, 5.74) is 1.78. The van der Waals surface area contributed by atoms with Crippen LogP contribution in [0.5, 0.6) is 0 Å². The Morgan fingerprint density at radius 3 is 2.58 bits per heavy atom. The van der Waals surface area contributed by atoms with Gasteiger partial charge in [-0.1, -0.05) is 38.1 Å². The highest BCUT2D eigenvalue weighted by molar-refractivity contribution is 5.29. The summed E-state index contributed by atoms with van der Waals surface area (Å²) in [7, 11) is 0. The predicted molar refractivity (Wildman–Crippen MR) is 107 cm³/mol. The van der Waals surface area contributed by atoms with Gasteiger partial charge in [0, 0.05) is 38.8 Å². The van der Waals surface area contributed by atoms with Crippen LogP contribution in [0.1, 0.15) is 63.0 Å². The molecule has 0 radical (unpaired) electrons. The first kappa shape index (κ1) is 19.8. The van der Waals surface area contributed by atoms with E-state index in [4.69, 9.17) is 4.74 Å². The van der Waals surface area contributed by atoms with Gasteiger partial charge in [-0.2, -0.15) is 0 Å². The van der Waals surface area contributed by atoms with Crippen LogP contribution in [0.25, 0.3) is 0 Å². The van der Waals surface area contributed by atoms with E-state index in [1.807, 2.05) is 0 Å². The van der Waals surface area contributed by atoms with Crippen molar-refractivity contribution in [1.29, 1.82) is 0 Å². The van der Waals surface area contributed by atoms with Crippen molar-refractivity contribution in [3.05, 3.63) is 35.4 Å². The van der Waals surface area contributed by atoms with E-state index in [2.05, 4.69) is 48.3 Å². The molecule has 0 aromatic heterocycles. The van der Waals surface area contributed by atoms with E-state index in [9.17, 15) is 5.11 Å². The Balaban J connectivity index is 1.42. The van der Waals surface area contributed by atoms with Crippen LogP contribution < -0.4 is 5.32 Å². The number of hydrogen-bond acceptors (Lipinski definition) is 4. The van der Waals surface area contributed by atoms with E-state index in [1.165, 1.54) is 5.56 Å². The largest absolute Gasteiger partial charge is 0.385 e. The fourth-order valence-corrected chi connectivity index (χ4v) is 4.21. The molecule has 1 saturated heterocycles. The average molecular weight is 361 g/mol. The second-order valence-corrected chi connectivity index (χ2v) is 8.34. The fraction of sp³-hybridized carbons (Fsp3) is 0.727. The minimum atomic E-state index is -0.643. The molecule has 2 aliphatic rings. The molecule has 1 aromatic rings. The van der Waals surface area contributed by atoms with Gasteiger partial charge < -0.3 is 15.2 Å². The van der Waals surface area contributed by atoms with Gasteiger partial charge in [-0.25, -0.2) is 0 Å². The topological polar surface area (TPSA) is 44.7 Å². The molecule has 4 nitrogen and oxygen atoms in total. The van der Waals surface area contributed by atoms with E-state index in [0.717, 1.165) is 77.1 Å². The molecule has 3 rings (SSSR count). The Labute approximate surface area is 158 Å². The molecule has 1 aliphatic carbocycles. The van der Waals surface area contributed by atoms with Gasteiger partial charge in [-0.05, 0) is 49.1 Å². The fourth-order valence-electron chi connectivity index (χ4n) is 4.21. The molecule has 1 heterocycles. The third-order valence-electron chi connectivity index (χ3n) is 6.10. The predicted octanol–water partition coefficient (Wildman–Crippen LogP) is 3.25. The van der Waals surface area contributed by atoms with E-state index < -0.39 is 5.60 Å². The number of ether oxygens (including phenoxy) is 1. The van der Waals surface area contributed by atoms with Gasteiger partial charge in [0.05, 0.1) is 12.2 Å². The summed E-state index contributed by atoms with van der Waals surface area (Å²) in [4.78, 5) is 2.50. The van der Waals surface area contributed by atoms with Crippen LogP contribution >= 0.6 is 0 Å². The van der Waals surface area contributed by atoms with Crippen LogP contribution in [-0.2, 0) is 10.3 Å². The number of rotatable bonds is 6. The molecule has 2 N–H and O–H groups in total. The van der Waals surface area contributed by atoms with Gasteiger partial charge in [0.2, 0.25) is 0 Å². The lowest BCUT2D eigenvalue weighted by Crippen LogP contribution is -2.42. The summed E-state index contributed by atoms with van der Waals surface area (Å²) in [6.07, 6.45) is 4.94. The Kier molecular flexibility index (Phi) is 7.10. The van der Waals surface area contributed by atoms with Crippen LogP contribution in [0, 0.1) is 0 Å². The molecule has 0 bridgehead atoms. The third-order valence-corrected chi connectivity index (χ3v) is 6.10. The van der Waals surface area contributed by atoms with Crippen LogP contribution in [0.4, 0.5) is 0 Å². The summed E-state index contributed by atoms with van der Waals surface area (Å²) in [6, 6.07) is 9.14. The summed E-state index contributed by atoms with van der Waals surface area (Å²) < 4.78 is 5.52. The monoisotopic (exact) mass is 360 g/mol. The lowest BCUT2D eigenvalue weighted by molar-refractivity contribution is -0.00847.